The molecule has 116 valence electrons. The van der Waals surface area contributed by atoms with Crippen LogP contribution in [-0.4, -0.2) is 19.1 Å². The molecule has 0 saturated heterocycles. The molecule has 2 aromatic rings. The number of carbonyl (C=O) groups excluding carboxylic acids is 1. The van der Waals surface area contributed by atoms with E-state index >= 15 is 0 Å². The van der Waals surface area contributed by atoms with Gasteiger partial charge in [0.05, 0.1) is 24.9 Å². The highest BCUT2D eigenvalue weighted by molar-refractivity contribution is 5.81. The molecule has 1 amide bonds. The van der Waals surface area contributed by atoms with Crippen LogP contribution in [0, 0.1) is 0 Å². The van der Waals surface area contributed by atoms with Crippen LogP contribution in [0.5, 0.6) is 5.75 Å². The minimum absolute atomic E-state index is 0.0161. The Labute approximate surface area is 131 Å². The Kier molecular flexibility index (Phi) is 5.83. The number of benzene rings is 2. The van der Waals surface area contributed by atoms with Gasteiger partial charge in [-0.25, -0.2) is 0 Å². The molecule has 0 aliphatic rings. The zero-order valence-electron chi connectivity index (χ0n) is 13.0. The Morgan fingerprint density at radius 3 is 2.50 bits per heavy atom. The summed E-state index contributed by atoms with van der Waals surface area (Å²) in [5.74, 6) is 0.705. The van der Waals surface area contributed by atoms with Crippen LogP contribution in [0.3, 0.4) is 0 Å². The molecule has 4 heteroatoms. The summed E-state index contributed by atoms with van der Waals surface area (Å²) in [5, 5.41) is 6.09. The predicted octanol–water partition coefficient (Wildman–Crippen LogP) is 3.37. The topological polar surface area (TPSA) is 50.4 Å². The van der Waals surface area contributed by atoms with Gasteiger partial charge in [-0.05, 0) is 31.5 Å². The van der Waals surface area contributed by atoms with Crippen LogP contribution in [0.2, 0.25) is 0 Å². The second kappa shape index (κ2) is 8.08. The first-order valence-corrected chi connectivity index (χ1v) is 7.50. The molecule has 4 nitrogen and oxygen atoms in total. The highest BCUT2D eigenvalue weighted by Gasteiger charge is 2.10. The van der Waals surface area contributed by atoms with Crippen molar-refractivity contribution >= 4 is 11.6 Å². The van der Waals surface area contributed by atoms with Crippen LogP contribution in [0.15, 0.2) is 54.6 Å². The quantitative estimate of drug-likeness (QED) is 0.824. The van der Waals surface area contributed by atoms with Gasteiger partial charge in [0, 0.05) is 0 Å². The summed E-state index contributed by atoms with van der Waals surface area (Å²) in [6.45, 7) is 4.71. The number of ether oxygens (including phenoxy) is 1. The molecule has 2 aromatic carbocycles. The van der Waals surface area contributed by atoms with Gasteiger partial charge < -0.3 is 15.4 Å². The fourth-order valence-corrected chi connectivity index (χ4v) is 2.19. The van der Waals surface area contributed by atoms with Gasteiger partial charge in [-0.15, -0.1) is 0 Å². The molecule has 2 N–H and O–H groups in total. The Bertz CT molecular complexity index is 599. The second-order valence-electron chi connectivity index (χ2n) is 4.98. The van der Waals surface area contributed by atoms with Crippen LogP contribution < -0.4 is 15.4 Å². The molecule has 0 heterocycles. The lowest BCUT2D eigenvalue weighted by Gasteiger charge is -2.16. The minimum atomic E-state index is -0.0531. The van der Waals surface area contributed by atoms with Crippen molar-refractivity contribution in [2.75, 3.05) is 18.5 Å². The molecular formula is C18H22N2O2. The van der Waals surface area contributed by atoms with Crippen molar-refractivity contribution in [2.24, 2.45) is 0 Å². The monoisotopic (exact) mass is 298 g/mol. The molecule has 0 spiro atoms. The number of nitrogens with one attached hydrogen (secondary N) is 2. The number of anilines is 1. The van der Waals surface area contributed by atoms with Crippen molar-refractivity contribution in [1.29, 1.82) is 0 Å². The fourth-order valence-electron chi connectivity index (χ4n) is 2.19. The van der Waals surface area contributed by atoms with Gasteiger partial charge in [0.15, 0.2) is 0 Å². The SMILES string of the molecule is CCOc1ccccc1NCC(=O)NC(C)c1ccccc1. The van der Waals surface area contributed by atoms with Crippen molar-refractivity contribution in [1.82, 2.24) is 5.32 Å². The average Bonchev–Trinajstić information content (AvgIpc) is 2.55. The summed E-state index contributed by atoms with van der Waals surface area (Å²) >= 11 is 0. The Morgan fingerprint density at radius 1 is 1.09 bits per heavy atom. The Hall–Kier alpha value is -2.49. The molecule has 0 fully saturated rings. The van der Waals surface area contributed by atoms with Crippen LogP contribution >= 0.6 is 0 Å². The number of para-hydroxylation sites is 2. The van der Waals surface area contributed by atoms with E-state index in [1.807, 2.05) is 68.4 Å². The van der Waals surface area contributed by atoms with Gasteiger partial charge in [0.1, 0.15) is 5.75 Å². The molecule has 0 radical (unpaired) electrons. The van der Waals surface area contributed by atoms with Crippen molar-refractivity contribution in [3.8, 4) is 5.75 Å². The molecule has 1 atom stereocenters. The predicted molar refractivity (Wildman–Crippen MR) is 89.1 cm³/mol. The maximum Gasteiger partial charge on any atom is 0.239 e. The van der Waals surface area contributed by atoms with E-state index < -0.39 is 0 Å². The normalized spacial score (nSPS) is 11.5. The molecule has 2 rings (SSSR count). The van der Waals surface area contributed by atoms with Gasteiger partial charge in [-0.2, -0.15) is 0 Å². The molecule has 1 unspecified atom stereocenters. The maximum absolute atomic E-state index is 12.1. The van der Waals surface area contributed by atoms with Gasteiger partial charge in [-0.3, -0.25) is 4.79 Å². The number of amides is 1. The lowest BCUT2D eigenvalue weighted by Crippen LogP contribution is -2.32. The van der Waals surface area contributed by atoms with Crippen LogP contribution in [0.4, 0.5) is 5.69 Å². The average molecular weight is 298 g/mol. The van der Waals surface area contributed by atoms with E-state index in [4.69, 9.17) is 4.74 Å². The van der Waals surface area contributed by atoms with Gasteiger partial charge in [0.25, 0.3) is 0 Å². The summed E-state index contributed by atoms with van der Waals surface area (Å²) in [7, 11) is 0. The maximum atomic E-state index is 12.1. The molecule has 0 saturated carbocycles. The Morgan fingerprint density at radius 2 is 1.77 bits per heavy atom. The molecule has 0 bridgehead atoms. The van der Waals surface area contributed by atoms with E-state index in [0.29, 0.717) is 6.61 Å². The molecule has 0 aliphatic carbocycles. The smallest absolute Gasteiger partial charge is 0.239 e. The van der Waals surface area contributed by atoms with E-state index in [-0.39, 0.29) is 18.5 Å². The van der Waals surface area contributed by atoms with Crippen molar-refractivity contribution in [3.05, 3.63) is 60.2 Å². The van der Waals surface area contributed by atoms with Crippen LogP contribution in [0.25, 0.3) is 0 Å². The van der Waals surface area contributed by atoms with E-state index in [9.17, 15) is 4.79 Å². The third kappa shape index (κ3) is 4.52. The number of rotatable bonds is 7. The van der Waals surface area contributed by atoms with Gasteiger partial charge in [-0.1, -0.05) is 42.5 Å². The van der Waals surface area contributed by atoms with Gasteiger partial charge >= 0.3 is 0 Å². The van der Waals surface area contributed by atoms with Gasteiger partial charge in [0.2, 0.25) is 5.91 Å². The van der Waals surface area contributed by atoms with E-state index in [2.05, 4.69) is 10.6 Å². The lowest BCUT2D eigenvalue weighted by molar-refractivity contribution is -0.120. The number of hydrogen-bond acceptors (Lipinski definition) is 3. The number of carbonyl (C=O) groups is 1. The zero-order valence-corrected chi connectivity index (χ0v) is 13.0. The molecule has 0 aliphatic heterocycles. The van der Waals surface area contributed by atoms with E-state index in [1.165, 1.54) is 0 Å². The third-order valence-corrected chi connectivity index (χ3v) is 3.30. The largest absolute Gasteiger partial charge is 0.492 e. The summed E-state index contributed by atoms with van der Waals surface area (Å²) < 4.78 is 5.53. The van der Waals surface area contributed by atoms with Crippen LogP contribution in [0.1, 0.15) is 25.5 Å². The first kappa shape index (κ1) is 15.9. The molecule has 0 aromatic heterocycles. The minimum Gasteiger partial charge on any atom is -0.492 e. The third-order valence-electron chi connectivity index (χ3n) is 3.30. The molecule has 22 heavy (non-hydrogen) atoms. The fraction of sp³-hybridized carbons (Fsp3) is 0.278. The second-order valence-corrected chi connectivity index (χ2v) is 4.98. The first-order valence-electron chi connectivity index (χ1n) is 7.50. The Balaban J connectivity index is 1.88. The molecular weight excluding hydrogens is 276 g/mol. The standard InChI is InChI=1S/C18H22N2O2/c1-3-22-17-12-8-7-11-16(17)19-13-18(21)20-14(2)15-9-5-4-6-10-15/h4-12,14,19H,3,13H2,1-2H3,(H,20,21). The van der Waals surface area contributed by atoms with Crippen LogP contribution in [-0.2, 0) is 4.79 Å². The van der Waals surface area contributed by atoms with Crippen molar-refractivity contribution in [2.45, 2.75) is 19.9 Å². The summed E-state index contributed by atoms with van der Waals surface area (Å²) in [4.78, 5) is 12.1. The summed E-state index contributed by atoms with van der Waals surface area (Å²) in [5.41, 5.74) is 1.91. The van der Waals surface area contributed by atoms with Crippen molar-refractivity contribution < 1.29 is 9.53 Å². The van der Waals surface area contributed by atoms with Crippen molar-refractivity contribution in [3.63, 3.8) is 0 Å². The highest BCUT2D eigenvalue weighted by atomic mass is 16.5. The van der Waals surface area contributed by atoms with E-state index in [1.54, 1.807) is 0 Å². The summed E-state index contributed by atoms with van der Waals surface area (Å²) in [6.07, 6.45) is 0. The highest BCUT2D eigenvalue weighted by Crippen LogP contribution is 2.23. The summed E-state index contributed by atoms with van der Waals surface area (Å²) in [6, 6.07) is 17.5. The number of hydrogen-bond donors (Lipinski definition) is 2. The van der Waals surface area contributed by atoms with E-state index in [0.717, 1.165) is 17.0 Å². The zero-order chi connectivity index (χ0) is 15.8. The first-order chi connectivity index (χ1) is 10.7. The lowest BCUT2D eigenvalue weighted by atomic mass is 10.1.